The summed E-state index contributed by atoms with van der Waals surface area (Å²) < 4.78 is 0. The van der Waals surface area contributed by atoms with E-state index >= 15 is 0 Å². The average molecular weight is 209 g/mol. The minimum atomic E-state index is 0. The molecule has 0 saturated heterocycles. The third-order valence-electron chi connectivity index (χ3n) is 2.86. The molecule has 3 heteroatoms. The molecule has 1 aliphatic carbocycles. The van der Waals surface area contributed by atoms with Crippen LogP contribution in [0.2, 0.25) is 0 Å². The number of rotatable bonds is 0. The molecule has 0 aliphatic heterocycles. The Kier molecular flexibility index (Phi) is 3.15. The van der Waals surface area contributed by atoms with Gasteiger partial charge in [0.15, 0.2) is 0 Å². The van der Waals surface area contributed by atoms with E-state index in [-0.39, 0.29) is 18.4 Å². The Morgan fingerprint density at radius 1 is 1.50 bits per heavy atom. The molecule has 0 heterocycles. The zero-order valence-electron chi connectivity index (χ0n) is 8.08. The van der Waals surface area contributed by atoms with Crippen LogP contribution in [-0.4, -0.2) is 0 Å². The molecule has 0 fully saturated rings. The zero-order chi connectivity index (χ0) is 9.42. The fourth-order valence-electron chi connectivity index (χ4n) is 2.03. The van der Waals surface area contributed by atoms with Crippen molar-refractivity contribution in [2.24, 2.45) is 5.73 Å². The van der Waals surface area contributed by atoms with E-state index in [2.05, 4.69) is 6.07 Å². The van der Waals surface area contributed by atoms with Gasteiger partial charge in [-0.1, -0.05) is 6.07 Å². The van der Waals surface area contributed by atoms with Crippen LogP contribution in [0, 0.1) is 18.3 Å². The Morgan fingerprint density at radius 2 is 2.21 bits per heavy atom. The van der Waals surface area contributed by atoms with Crippen molar-refractivity contribution < 1.29 is 0 Å². The van der Waals surface area contributed by atoms with E-state index in [0.29, 0.717) is 0 Å². The van der Waals surface area contributed by atoms with Crippen molar-refractivity contribution in [2.45, 2.75) is 25.8 Å². The number of halogens is 1. The maximum Gasteiger partial charge on any atom is 0.0994 e. The van der Waals surface area contributed by atoms with Crippen LogP contribution in [0.1, 0.15) is 34.7 Å². The largest absolute Gasteiger partial charge is 0.324 e. The van der Waals surface area contributed by atoms with Crippen molar-refractivity contribution >= 4 is 12.4 Å². The van der Waals surface area contributed by atoms with Gasteiger partial charge in [0.05, 0.1) is 11.6 Å². The Hall–Kier alpha value is -1.04. The number of nitrogens with two attached hydrogens (primary N) is 1. The lowest BCUT2D eigenvalue weighted by molar-refractivity contribution is 0.713. The summed E-state index contributed by atoms with van der Waals surface area (Å²) in [5.41, 5.74) is 10.4. The van der Waals surface area contributed by atoms with E-state index < -0.39 is 0 Å². The van der Waals surface area contributed by atoms with E-state index in [0.717, 1.165) is 24.0 Å². The van der Waals surface area contributed by atoms with Gasteiger partial charge < -0.3 is 5.73 Å². The molecule has 1 aromatic rings. The summed E-state index contributed by atoms with van der Waals surface area (Å²) in [5, 5.41) is 8.83. The zero-order valence-corrected chi connectivity index (χ0v) is 8.90. The van der Waals surface area contributed by atoms with Gasteiger partial charge in [0.25, 0.3) is 0 Å². The number of hydrogen-bond acceptors (Lipinski definition) is 2. The summed E-state index contributed by atoms with van der Waals surface area (Å²) in [7, 11) is 0. The molecular weight excluding hydrogens is 196 g/mol. The summed E-state index contributed by atoms with van der Waals surface area (Å²) in [6.07, 6.45) is 2.04. The fourth-order valence-corrected chi connectivity index (χ4v) is 2.03. The topological polar surface area (TPSA) is 49.8 Å². The first-order valence-electron chi connectivity index (χ1n) is 4.52. The van der Waals surface area contributed by atoms with Gasteiger partial charge in [-0.3, -0.25) is 0 Å². The first kappa shape index (κ1) is 11.0. The van der Waals surface area contributed by atoms with E-state index in [1.54, 1.807) is 0 Å². The van der Waals surface area contributed by atoms with Crippen LogP contribution >= 0.6 is 12.4 Å². The van der Waals surface area contributed by atoms with Gasteiger partial charge in [-0.2, -0.15) is 5.26 Å². The molecule has 0 bridgehead atoms. The Morgan fingerprint density at radius 3 is 2.86 bits per heavy atom. The molecule has 1 aliphatic rings. The Balaban J connectivity index is 0.000000980. The number of benzene rings is 1. The van der Waals surface area contributed by atoms with Gasteiger partial charge in [0.2, 0.25) is 0 Å². The van der Waals surface area contributed by atoms with Gasteiger partial charge in [-0.05, 0) is 42.5 Å². The molecule has 0 saturated carbocycles. The molecule has 74 valence electrons. The van der Waals surface area contributed by atoms with Crippen molar-refractivity contribution in [3.63, 3.8) is 0 Å². The number of hydrogen-bond donors (Lipinski definition) is 1. The van der Waals surface area contributed by atoms with Crippen molar-refractivity contribution in [2.75, 3.05) is 0 Å². The van der Waals surface area contributed by atoms with Crippen LogP contribution in [0.4, 0.5) is 0 Å². The van der Waals surface area contributed by atoms with Crippen molar-refractivity contribution in [3.05, 3.63) is 34.4 Å². The highest BCUT2D eigenvalue weighted by Crippen LogP contribution is 2.32. The van der Waals surface area contributed by atoms with Crippen molar-refractivity contribution in [1.29, 1.82) is 5.26 Å². The Labute approximate surface area is 90.1 Å². The summed E-state index contributed by atoms with van der Waals surface area (Å²) >= 11 is 0. The predicted molar refractivity (Wildman–Crippen MR) is 58.4 cm³/mol. The van der Waals surface area contributed by atoms with E-state index in [4.69, 9.17) is 11.0 Å². The van der Waals surface area contributed by atoms with Gasteiger partial charge in [-0.15, -0.1) is 12.4 Å². The number of nitrogens with zero attached hydrogens (tertiary/aromatic N) is 1. The van der Waals surface area contributed by atoms with Gasteiger partial charge >= 0.3 is 0 Å². The first-order chi connectivity index (χ1) is 6.24. The third-order valence-corrected chi connectivity index (χ3v) is 2.86. The smallest absolute Gasteiger partial charge is 0.0994 e. The average Bonchev–Trinajstić information content (AvgIpc) is 2.50. The van der Waals surface area contributed by atoms with E-state index in [1.165, 1.54) is 11.1 Å². The summed E-state index contributed by atoms with van der Waals surface area (Å²) in [6, 6.07) is 6.25. The van der Waals surface area contributed by atoms with Gasteiger partial charge in [0, 0.05) is 6.04 Å². The molecule has 2 nitrogen and oxygen atoms in total. The quantitative estimate of drug-likeness (QED) is 0.711. The van der Waals surface area contributed by atoms with E-state index in [9.17, 15) is 0 Å². The molecule has 1 atom stereocenters. The maximum atomic E-state index is 8.83. The normalized spacial score (nSPS) is 18.2. The molecule has 0 amide bonds. The maximum absolute atomic E-state index is 8.83. The minimum Gasteiger partial charge on any atom is -0.324 e. The fraction of sp³-hybridized carbons (Fsp3) is 0.364. The molecule has 0 unspecified atom stereocenters. The second kappa shape index (κ2) is 4.00. The second-order valence-electron chi connectivity index (χ2n) is 3.56. The minimum absolute atomic E-state index is 0. The molecule has 14 heavy (non-hydrogen) atoms. The van der Waals surface area contributed by atoms with Crippen molar-refractivity contribution in [3.8, 4) is 6.07 Å². The summed E-state index contributed by atoms with van der Waals surface area (Å²) in [5.74, 6) is 0. The van der Waals surface area contributed by atoms with Crippen LogP contribution in [0.15, 0.2) is 12.1 Å². The third kappa shape index (κ3) is 1.50. The SMILES string of the molecule is Cc1c(C#N)ccc2c1CC[C@@H]2N.Cl. The van der Waals surface area contributed by atoms with Crippen LogP contribution in [-0.2, 0) is 6.42 Å². The molecular formula is C11H13ClN2. The van der Waals surface area contributed by atoms with Gasteiger partial charge in [0.1, 0.15) is 0 Å². The lowest BCUT2D eigenvalue weighted by Crippen LogP contribution is -2.05. The van der Waals surface area contributed by atoms with Crippen LogP contribution < -0.4 is 5.73 Å². The number of nitriles is 1. The molecule has 0 spiro atoms. The van der Waals surface area contributed by atoms with E-state index in [1.807, 2.05) is 19.1 Å². The molecule has 2 N–H and O–H groups in total. The number of fused-ring (bicyclic) bond motifs is 1. The highest BCUT2D eigenvalue weighted by Gasteiger charge is 2.21. The van der Waals surface area contributed by atoms with Crippen LogP contribution in [0.5, 0.6) is 0 Å². The first-order valence-corrected chi connectivity index (χ1v) is 4.52. The molecule has 1 aromatic carbocycles. The predicted octanol–water partition coefficient (Wildman–Crippen LogP) is 2.23. The Bertz CT molecular complexity index is 393. The van der Waals surface area contributed by atoms with Crippen molar-refractivity contribution in [1.82, 2.24) is 0 Å². The standard InChI is InChI=1S/C11H12N2.ClH/c1-7-8(6-12)2-3-10-9(7)4-5-11(10)13;/h2-3,11H,4-5,13H2,1H3;1H/t11-;/m0./s1. The second-order valence-corrected chi connectivity index (χ2v) is 3.56. The lowest BCUT2D eigenvalue weighted by atomic mass is 9.99. The monoisotopic (exact) mass is 208 g/mol. The molecule has 0 aromatic heterocycles. The van der Waals surface area contributed by atoms with Crippen LogP contribution in [0.3, 0.4) is 0 Å². The van der Waals surface area contributed by atoms with Crippen LogP contribution in [0.25, 0.3) is 0 Å². The highest BCUT2D eigenvalue weighted by atomic mass is 35.5. The van der Waals surface area contributed by atoms with Gasteiger partial charge in [-0.25, -0.2) is 0 Å². The highest BCUT2D eigenvalue weighted by molar-refractivity contribution is 5.85. The summed E-state index contributed by atoms with van der Waals surface area (Å²) in [6.45, 7) is 2.01. The molecule has 0 radical (unpaired) electrons. The lowest BCUT2D eigenvalue weighted by Gasteiger charge is -2.07. The summed E-state index contributed by atoms with van der Waals surface area (Å²) in [4.78, 5) is 0. The molecule has 2 rings (SSSR count).